The first-order valence-corrected chi connectivity index (χ1v) is 10.0. The molecule has 1 aromatic heterocycles. The molecule has 5 nitrogen and oxygen atoms in total. The van der Waals surface area contributed by atoms with E-state index in [4.69, 9.17) is 9.72 Å². The van der Waals surface area contributed by atoms with Crippen LogP contribution in [0.3, 0.4) is 0 Å². The number of hydrogen-bond acceptors (Lipinski definition) is 4. The Morgan fingerprint density at radius 3 is 2.61 bits per heavy atom. The van der Waals surface area contributed by atoms with Crippen molar-refractivity contribution in [3.63, 3.8) is 0 Å². The molecule has 1 heterocycles. The number of aromatic nitrogens is 1. The van der Waals surface area contributed by atoms with Gasteiger partial charge in [-0.3, -0.25) is 4.79 Å². The molecule has 0 aliphatic carbocycles. The van der Waals surface area contributed by atoms with Gasteiger partial charge in [0.25, 0.3) is 5.91 Å². The summed E-state index contributed by atoms with van der Waals surface area (Å²) < 4.78 is 5.32. The fourth-order valence-electron chi connectivity index (χ4n) is 3.51. The SMILES string of the molecule is COc1ccccc1C=NNC(=O)c1cc(-c2cc(C)ccc2C)nc2ccccc12. The zero-order valence-corrected chi connectivity index (χ0v) is 17.7. The van der Waals surface area contributed by atoms with Crippen molar-refractivity contribution < 1.29 is 9.53 Å². The van der Waals surface area contributed by atoms with Crippen LogP contribution in [0, 0.1) is 13.8 Å². The van der Waals surface area contributed by atoms with E-state index in [2.05, 4.69) is 28.7 Å². The number of methoxy groups -OCH3 is 1. The Labute approximate surface area is 181 Å². The standard InChI is InChI=1S/C26H23N3O2/c1-17-12-13-18(2)21(14-17)24-15-22(20-9-5-6-10-23(20)28-24)26(30)29-27-16-19-8-4-7-11-25(19)31-3/h4-16H,1-3H3,(H,29,30). The summed E-state index contributed by atoms with van der Waals surface area (Å²) in [6.07, 6.45) is 1.58. The molecule has 4 rings (SSSR count). The van der Waals surface area contributed by atoms with Crippen LogP contribution >= 0.6 is 0 Å². The number of pyridine rings is 1. The lowest BCUT2D eigenvalue weighted by molar-refractivity contribution is 0.0956. The van der Waals surface area contributed by atoms with Gasteiger partial charge in [-0.25, -0.2) is 10.4 Å². The third-order valence-corrected chi connectivity index (χ3v) is 5.14. The van der Waals surface area contributed by atoms with Crippen molar-refractivity contribution in [2.45, 2.75) is 13.8 Å². The van der Waals surface area contributed by atoms with E-state index in [1.54, 1.807) is 13.3 Å². The molecule has 3 aromatic carbocycles. The van der Waals surface area contributed by atoms with E-state index >= 15 is 0 Å². The number of nitrogens with one attached hydrogen (secondary N) is 1. The summed E-state index contributed by atoms with van der Waals surface area (Å²) in [6.45, 7) is 4.09. The Hall–Kier alpha value is -3.99. The summed E-state index contributed by atoms with van der Waals surface area (Å²) in [5.74, 6) is 0.392. The highest BCUT2D eigenvalue weighted by Crippen LogP contribution is 2.28. The number of para-hydroxylation sites is 2. The number of benzene rings is 3. The fourth-order valence-corrected chi connectivity index (χ4v) is 3.51. The Kier molecular flexibility index (Phi) is 5.76. The minimum Gasteiger partial charge on any atom is -0.496 e. The smallest absolute Gasteiger partial charge is 0.272 e. The molecule has 0 radical (unpaired) electrons. The topological polar surface area (TPSA) is 63.6 Å². The molecule has 0 spiro atoms. The molecule has 0 fully saturated rings. The van der Waals surface area contributed by atoms with Crippen LogP contribution in [0.25, 0.3) is 22.2 Å². The van der Waals surface area contributed by atoms with Gasteiger partial charge in [0.05, 0.1) is 30.1 Å². The molecule has 1 N–H and O–H groups in total. The third-order valence-electron chi connectivity index (χ3n) is 5.14. The van der Waals surface area contributed by atoms with Crippen LogP contribution in [0.15, 0.2) is 77.9 Å². The second kappa shape index (κ2) is 8.79. The monoisotopic (exact) mass is 409 g/mol. The minimum absolute atomic E-state index is 0.295. The molecule has 0 aliphatic rings. The van der Waals surface area contributed by atoms with Crippen molar-refractivity contribution in [2.24, 2.45) is 5.10 Å². The second-order valence-electron chi connectivity index (χ2n) is 7.33. The molecular formula is C26H23N3O2. The summed E-state index contributed by atoms with van der Waals surface area (Å²) in [5.41, 5.74) is 8.73. The molecule has 0 saturated carbocycles. The number of nitrogens with zero attached hydrogens (tertiary/aromatic N) is 2. The van der Waals surface area contributed by atoms with Gasteiger partial charge in [-0.2, -0.15) is 5.10 Å². The van der Waals surface area contributed by atoms with E-state index in [1.807, 2.05) is 68.4 Å². The highest BCUT2D eigenvalue weighted by molar-refractivity contribution is 6.07. The molecule has 154 valence electrons. The van der Waals surface area contributed by atoms with E-state index in [1.165, 1.54) is 0 Å². The summed E-state index contributed by atoms with van der Waals surface area (Å²) in [6, 6.07) is 23.2. The molecule has 0 aliphatic heterocycles. The van der Waals surface area contributed by atoms with Gasteiger partial charge in [-0.05, 0) is 49.7 Å². The molecule has 5 heteroatoms. The van der Waals surface area contributed by atoms with E-state index in [9.17, 15) is 4.79 Å². The van der Waals surface area contributed by atoms with Gasteiger partial charge in [0.1, 0.15) is 5.75 Å². The van der Waals surface area contributed by atoms with E-state index in [0.717, 1.165) is 38.9 Å². The van der Waals surface area contributed by atoms with Crippen molar-refractivity contribution in [3.8, 4) is 17.0 Å². The van der Waals surface area contributed by atoms with Crippen LogP contribution in [0.2, 0.25) is 0 Å². The highest BCUT2D eigenvalue weighted by Gasteiger charge is 2.14. The predicted octanol–water partition coefficient (Wildman–Crippen LogP) is 5.29. The number of fused-ring (bicyclic) bond motifs is 1. The molecule has 0 atom stereocenters. The largest absolute Gasteiger partial charge is 0.496 e. The third kappa shape index (κ3) is 4.31. The Morgan fingerprint density at radius 1 is 1.00 bits per heavy atom. The van der Waals surface area contributed by atoms with Crippen LogP contribution in [0.1, 0.15) is 27.0 Å². The number of carbonyl (C=O) groups excluding carboxylic acids is 1. The van der Waals surface area contributed by atoms with E-state index in [-0.39, 0.29) is 5.91 Å². The summed E-state index contributed by atoms with van der Waals surface area (Å²) in [4.78, 5) is 17.9. The van der Waals surface area contributed by atoms with Crippen LogP contribution < -0.4 is 10.2 Å². The zero-order valence-electron chi connectivity index (χ0n) is 17.7. The van der Waals surface area contributed by atoms with Crippen molar-refractivity contribution in [2.75, 3.05) is 7.11 Å². The van der Waals surface area contributed by atoms with Gasteiger partial charge in [0.2, 0.25) is 0 Å². The number of rotatable bonds is 5. The number of aryl methyl sites for hydroxylation is 2. The average Bonchev–Trinajstić information content (AvgIpc) is 2.80. The predicted molar refractivity (Wildman–Crippen MR) is 125 cm³/mol. The summed E-state index contributed by atoms with van der Waals surface area (Å²) in [7, 11) is 1.60. The number of ether oxygens (including phenoxy) is 1. The van der Waals surface area contributed by atoms with Gasteiger partial charge in [0, 0.05) is 16.5 Å². The summed E-state index contributed by atoms with van der Waals surface area (Å²) >= 11 is 0. The maximum atomic E-state index is 13.1. The molecule has 1 amide bonds. The van der Waals surface area contributed by atoms with E-state index < -0.39 is 0 Å². The van der Waals surface area contributed by atoms with Gasteiger partial charge in [-0.1, -0.05) is 48.0 Å². The Morgan fingerprint density at radius 2 is 1.77 bits per heavy atom. The lowest BCUT2D eigenvalue weighted by atomic mass is 9.99. The maximum absolute atomic E-state index is 13.1. The van der Waals surface area contributed by atoms with Crippen LogP contribution in [-0.2, 0) is 0 Å². The van der Waals surface area contributed by atoms with Crippen LogP contribution in [-0.4, -0.2) is 24.2 Å². The molecule has 0 unspecified atom stereocenters. The summed E-state index contributed by atoms with van der Waals surface area (Å²) in [5, 5.41) is 4.92. The molecular weight excluding hydrogens is 386 g/mol. The molecule has 0 bridgehead atoms. The first-order valence-electron chi connectivity index (χ1n) is 10.0. The van der Waals surface area contributed by atoms with Crippen molar-refractivity contribution >= 4 is 23.0 Å². The highest BCUT2D eigenvalue weighted by atomic mass is 16.5. The second-order valence-corrected chi connectivity index (χ2v) is 7.33. The Bertz CT molecular complexity index is 1300. The quantitative estimate of drug-likeness (QED) is 0.360. The fraction of sp³-hybridized carbons (Fsp3) is 0.115. The van der Waals surface area contributed by atoms with Crippen molar-refractivity contribution in [1.82, 2.24) is 10.4 Å². The molecule has 31 heavy (non-hydrogen) atoms. The van der Waals surface area contributed by atoms with E-state index in [0.29, 0.717) is 11.3 Å². The van der Waals surface area contributed by atoms with Crippen molar-refractivity contribution in [3.05, 3.63) is 95.1 Å². The first-order chi connectivity index (χ1) is 15.1. The molecule has 0 saturated heterocycles. The average molecular weight is 409 g/mol. The van der Waals surface area contributed by atoms with Crippen molar-refractivity contribution in [1.29, 1.82) is 0 Å². The van der Waals surface area contributed by atoms with Gasteiger partial charge < -0.3 is 4.74 Å². The normalized spacial score (nSPS) is 11.1. The van der Waals surface area contributed by atoms with Crippen LogP contribution in [0.4, 0.5) is 0 Å². The van der Waals surface area contributed by atoms with Gasteiger partial charge >= 0.3 is 0 Å². The number of hydrazone groups is 1. The number of hydrogen-bond donors (Lipinski definition) is 1. The number of amides is 1. The van der Waals surface area contributed by atoms with Gasteiger partial charge in [-0.15, -0.1) is 0 Å². The lowest BCUT2D eigenvalue weighted by Crippen LogP contribution is -2.18. The molecule has 4 aromatic rings. The Balaban J connectivity index is 1.71. The van der Waals surface area contributed by atoms with Crippen LogP contribution in [0.5, 0.6) is 5.75 Å². The minimum atomic E-state index is -0.295. The maximum Gasteiger partial charge on any atom is 0.272 e. The number of carbonyl (C=O) groups is 1. The zero-order chi connectivity index (χ0) is 21.8. The first kappa shape index (κ1) is 20.3. The lowest BCUT2D eigenvalue weighted by Gasteiger charge is -2.11. The van der Waals surface area contributed by atoms with Gasteiger partial charge in [0.15, 0.2) is 0 Å².